The zero-order valence-electron chi connectivity index (χ0n) is 10.1. The van der Waals surface area contributed by atoms with Crippen LogP contribution >= 0.6 is 15.9 Å². The molecule has 0 aliphatic heterocycles. The first-order chi connectivity index (χ1) is 8.49. The number of amides is 1. The SMILES string of the molecule is C=CCN(CC(=O)O)C(=O)c1cc(Br)cn1CC. The van der Waals surface area contributed by atoms with Crippen molar-refractivity contribution in [1.82, 2.24) is 9.47 Å². The lowest BCUT2D eigenvalue weighted by Gasteiger charge is -2.19. The molecule has 0 aromatic carbocycles. The van der Waals surface area contributed by atoms with Crippen LogP contribution in [0.1, 0.15) is 17.4 Å². The summed E-state index contributed by atoms with van der Waals surface area (Å²) in [4.78, 5) is 24.2. The molecule has 18 heavy (non-hydrogen) atoms. The quantitative estimate of drug-likeness (QED) is 0.817. The van der Waals surface area contributed by atoms with E-state index in [0.717, 1.165) is 4.47 Å². The molecule has 0 unspecified atom stereocenters. The molecule has 0 saturated carbocycles. The minimum absolute atomic E-state index is 0.206. The predicted molar refractivity (Wildman–Crippen MR) is 71.5 cm³/mol. The second kappa shape index (κ2) is 6.39. The topological polar surface area (TPSA) is 62.5 Å². The second-order valence-corrected chi connectivity index (χ2v) is 4.61. The standard InChI is InChI=1S/C12H15BrN2O3/c1-3-5-15(8-11(16)17)12(18)10-6-9(13)7-14(10)4-2/h3,6-7H,1,4-5,8H2,2H3,(H,16,17). The van der Waals surface area contributed by atoms with Gasteiger partial charge in [-0.15, -0.1) is 6.58 Å². The molecule has 0 saturated heterocycles. The molecular weight excluding hydrogens is 300 g/mol. The van der Waals surface area contributed by atoms with Gasteiger partial charge < -0.3 is 14.6 Å². The largest absolute Gasteiger partial charge is 0.480 e. The molecule has 1 rings (SSSR count). The highest BCUT2D eigenvalue weighted by molar-refractivity contribution is 9.10. The van der Waals surface area contributed by atoms with E-state index in [9.17, 15) is 9.59 Å². The monoisotopic (exact) mass is 314 g/mol. The third kappa shape index (κ3) is 3.46. The highest BCUT2D eigenvalue weighted by Crippen LogP contribution is 2.16. The van der Waals surface area contributed by atoms with Gasteiger partial charge in [-0.2, -0.15) is 0 Å². The number of aryl methyl sites for hydroxylation is 1. The summed E-state index contributed by atoms with van der Waals surface area (Å²) >= 11 is 3.30. The summed E-state index contributed by atoms with van der Waals surface area (Å²) in [6, 6.07) is 1.68. The molecule has 1 aromatic rings. The van der Waals surface area contributed by atoms with Crippen molar-refractivity contribution < 1.29 is 14.7 Å². The molecule has 0 fully saturated rings. The van der Waals surface area contributed by atoms with Crippen molar-refractivity contribution in [3.8, 4) is 0 Å². The van der Waals surface area contributed by atoms with Crippen LogP contribution < -0.4 is 0 Å². The van der Waals surface area contributed by atoms with Crippen molar-refractivity contribution in [3.05, 3.63) is 35.1 Å². The van der Waals surface area contributed by atoms with Crippen LogP contribution in [0.25, 0.3) is 0 Å². The normalized spacial score (nSPS) is 10.1. The fourth-order valence-corrected chi connectivity index (χ4v) is 2.08. The first-order valence-corrected chi connectivity index (χ1v) is 6.26. The first kappa shape index (κ1) is 14.5. The smallest absolute Gasteiger partial charge is 0.323 e. The fourth-order valence-electron chi connectivity index (χ4n) is 1.62. The Balaban J connectivity index is 3.00. The van der Waals surface area contributed by atoms with E-state index in [1.165, 1.54) is 11.0 Å². The number of rotatable bonds is 6. The molecule has 0 atom stereocenters. The van der Waals surface area contributed by atoms with Gasteiger partial charge in [0.1, 0.15) is 12.2 Å². The Labute approximate surface area is 114 Å². The van der Waals surface area contributed by atoms with Crippen LogP contribution in [0.4, 0.5) is 0 Å². The van der Waals surface area contributed by atoms with Crippen LogP contribution in [0.2, 0.25) is 0 Å². The maximum absolute atomic E-state index is 12.2. The van der Waals surface area contributed by atoms with E-state index in [0.29, 0.717) is 12.2 Å². The van der Waals surface area contributed by atoms with E-state index >= 15 is 0 Å². The van der Waals surface area contributed by atoms with Crippen molar-refractivity contribution in [2.24, 2.45) is 0 Å². The number of aliphatic carboxylic acids is 1. The van der Waals surface area contributed by atoms with Gasteiger partial charge in [0.2, 0.25) is 0 Å². The highest BCUT2D eigenvalue weighted by Gasteiger charge is 2.20. The summed E-state index contributed by atoms with van der Waals surface area (Å²) in [5.74, 6) is -1.36. The zero-order valence-corrected chi connectivity index (χ0v) is 11.7. The molecule has 1 N–H and O–H groups in total. The predicted octanol–water partition coefficient (Wildman–Crippen LogP) is 1.98. The molecular formula is C12H15BrN2O3. The van der Waals surface area contributed by atoms with Gasteiger partial charge in [-0.1, -0.05) is 6.08 Å². The molecule has 1 heterocycles. The number of hydrogen-bond donors (Lipinski definition) is 1. The Kier molecular flexibility index (Phi) is 5.15. The number of carbonyl (C=O) groups is 2. The van der Waals surface area contributed by atoms with Crippen LogP contribution in [0.5, 0.6) is 0 Å². The minimum Gasteiger partial charge on any atom is -0.480 e. The lowest BCUT2D eigenvalue weighted by Crippen LogP contribution is -2.36. The molecule has 0 aliphatic rings. The summed E-state index contributed by atoms with van der Waals surface area (Å²) in [7, 11) is 0. The van der Waals surface area contributed by atoms with E-state index in [2.05, 4.69) is 22.5 Å². The average Bonchev–Trinajstić information content (AvgIpc) is 2.68. The van der Waals surface area contributed by atoms with Crippen LogP contribution in [0.15, 0.2) is 29.4 Å². The Morgan fingerprint density at radius 1 is 1.61 bits per heavy atom. The van der Waals surface area contributed by atoms with Gasteiger partial charge in [0.05, 0.1) is 0 Å². The lowest BCUT2D eigenvalue weighted by molar-refractivity contribution is -0.137. The highest BCUT2D eigenvalue weighted by atomic mass is 79.9. The van der Waals surface area contributed by atoms with Crippen LogP contribution in [-0.4, -0.2) is 39.5 Å². The summed E-state index contributed by atoms with van der Waals surface area (Å²) in [5.41, 5.74) is 0.465. The van der Waals surface area contributed by atoms with Crippen molar-refractivity contribution >= 4 is 27.8 Å². The van der Waals surface area contributed by atoms with Crippen molar-refractivity contribution in [3.63, 3.8) is 0 Å². The van der Waals surface area contributed by atoms with Gasteiger partial charge in [0.15, 0.2) is 0 Å². The van der Waals surface area contributed by atoms with Gasteiger partial charge in [-0.3, -0.25) is 9.59 Å². The Morgan fingerprint density at radius 2 is 2.28 bits per heavy atom. The lowest BCUT2D eigenvalue weighted by atomic mass is 10.3. The third-order valence-electron chi connectivity index (χ3n) is 2.39. The van der Waals surface area contributed by atoms with E-state index in [-0.39, 0.29) is 19.0 Å². The minimum atomic E-state index is -1.04. The number of aromatic nitrogens is 1. The molecule has 0 spiro atoms. The van der Waals surface area contributed by atoms with Gasteiger partial charge in [-0.25, -0.2) is 0 Å². The van der Waals surface area contributed by atoms with Crippen LogP contribution in [0, 0.1) is 0 Å². The Morgan fingerprint density at radius 3 is 2.78 bits per heavy atom. The van der Waals surface area contributed by atoms with E-state index in [4.69, 9.17) is 5.11 Å². The Hall–Kier alpha value is -1.56. The van der Waals surface area contributed by atoms with Crippen LogP contribution in [-0.2, 0) is 11.3 Å². The molecule has 0 bridgehead atoms. The number of hydrogen-bond acceptors (Lipinski definition) is 2. The van der Waals surface area contributed by atoms with Crippen molar-refractivity contribution in [1.29, 1.82) is 0 Å². The molecule has 0 aliphatic carbocycles. The van der Waals surface area contributed by atoms with E-state index in [1.54, 1.807) is 16.8 Å². The summed E-state index contributed by atoms with van der Waals surface area (Å²) < 4.78 is 2.56. The van der Waals surface area contributed by atoms with E-state index < -0.39 is 5.97 Å². The van der Waals surface area contributed by atoms with Crippen molar-refractivity contribution in [2.75, 3.05) is 13.1 Å². The van der Waals surface area contributed by atoms with Crippen molar-refractivity contribution in [2.45, 2.75) is 13.5 Å². The first-order valence-electron chi connectivity index (χ1n) is 5.47. The maximum atomic E-state index is 12.2. The number of carboxylic acid groups (broad SMARTS) is 1. The van der Waals surface area contributed by atoms with Gasteiger partial charge in [-0.05, 0) is 28.9 Å². The molecule has 1 amide bonds. The Bertz CT molecular complexity index is 468. The summed E-state index contributed by atoms with van der Waals surface area (Å²) in [5, 5.41) is 8.79. The van der Waals surface area contributed by atoms with Crippen LogP contribution in [0.3, 0.4) is 0 Å². The number of halogens is 1. The number of nitrogens with zero attached hydrogens (tertiary/aromatic N) is 2. The molecule has 1 aromatic heterocycles. The molecule has 6 heteroatoms. The van der Waals surface area contributed by atoms with Gasteiger partial charge in [0, 0.05) is 23.8 Å². The maximum Gasteiger partial charge on any atom is 0.323 e. The molecule has 98 valence electrons. The molecule has 5 nitrogen and oxygen atoms in total. The van der Waals surface area contributed by atoms with Gasteiger partial charge >= 0.3 is 5.97 Å². The zero-order chi connectivity index (χ0) is 13.7. The summed E-state index contributed by atoms with van der Waals surface area (Å²) in [6.45, 7) is 5.95. The fraction of sp³-hybridized carbons (Fsp3) is 0.333. The van der Waals surface area contributed by atoms with E-state index in [1.807, 2.05) is 6.92 Å². The average molecular weight is 315 g/mol. The number of carboxylic acids is 1. The third-order valence-corrected chi connectivity index (χ3v) is 2.82. The molecule has 0 radical (unpaired) electrons. The number of carbonyl (C=O) groups excluding carboxylic acids is 1. The summed E-state index contributed by atoms with van der Waals surface area (Å²) in [6.07, 6.45) is 3.30. The second-order valence-electron chi connectivity index (χ2n) is 3.70. The van der Waals surface area contributed by atoms with Gasteiger partial charge in [0.25, 0.3) is 5.91 Å².